The lowest BCUT2D eigenvalue weighted by atomic mass is 9.81. The van der Waals surface area contributed by atoms with E-state index in [0.29, 0.717) is 10.9 Å². The van der Waals surface area contributed by atoms with E-state index in [1.165, 1.54) is 11.7 Å². The summed E-state index contributed by atoms with van der Waals surface area (Å²) in [6, 6.07) is 13.1. The summed E-state index contributed by atoms with van der Waals surface area (Å²) in [6.07, 6.45) is 0.750. The van der Waals surface area contributed by atoms with E-state index in [2.05, 4.69) is 5.10 Å². The molecule has 0 fully saturated rings. The standard InChI is InChI=1S/C26H34N4O4.C2H4O/c1-24(2,3)33-22(31)21-19-14-17(10-13-20(19)30(28)29-21)16-8-11-18(12-9-16)26(7,15-27)23(32)34-25(4,5)6;1-2-3/h8-14H,15,27-28H2,1-7H3;2H,1H3. The normalized spacial score (nSPS) is 13.2. The molecule has 0 saturated carbocycles. The Morgan fingerprint density at radius 2 is 1.43 bits per heavy atom. The minimum Gasteiger partial charge on any atom is -0.459 e. The van der Waals surface area contributed by atoms with Gasteiger partial charge in [-0.3, -0.25) is 4.79 Å². The van der Waals surface area contributed by atoms with Gasteiger partial charge < -0.3 is 25.8 Å². The minimum absolute atomic E-state index is 0.113. The average Bonchev–Trinajstić information content (AvgIpc) is 3.13. The first-order valence-corrected chi connectivity index (χ1v) is 12.0. The highest BCUT2D eigenvalue weighted by Gasteiger charge is 2.37. The largest absolute Gasteiger partial charge is 0.459 e. The number of ether oxygens (including phenoxy) is 2. The van der Waals surface area contributed by atoms with E-state index in [1.54, 1.807) is 27.7 Å². The van der Waals surface area contributed by atoms with E-state index in [0.717, 1.165) is 23.0 Å². The number of benzene rings is 2. The summed E-state index contributed by atoms with van der Waals surface area (Å²) < 4.78 is 11.1. The van der Waals surface area contributed by atoms with Gasteiger partial charge in [0.2, 0.25) is 0 Å². The third kappa shape index (κ3) is 7.16. The number of esters is 2. The Hall–Kier alpha value is -3.72. The molecule has 0 aliphatic heterocycles. The van der Waals surface area contributed by atoms with Crippen molar-refractivity contribution in [2.45, 2.75) is 72.0 Å². The van der Waals surface area contributed by atoms with Crippen LogP contribution < -0.4 is 11.6 Å². The van der Waals surface area contributed by atoms with Gasteiger partial charge in [0, 0.05) is 11.9 Å². The van der Waals surface area contributed by atoms with Crippen molar-refractivity contribution >= 4 is 29.1 Å². The highest BCUT2D eigenvalue weighted by atomic mass is 16.6. The molecule has 0 radical (unpaired) electrons. The number of carbonyl (C=O) groups is 3. The van der Waals surface area contributed by atoms with Gasteiger partial charge in [0.25, 0.3) is 0 Å². The van der Waals surface area contributed by atoms with Crippen molar-refractivity contribution < 1.29 is 23.9 Å². The Balaban J connectivity index is 0.00000153. The average molecular weight is 511 g/mol. The Bertz CT molecular complexity index is 1270. The van der Waals surface area contributed by atoms with E-state index in [-0.39, 0.29) is 18.2 Å². The summed E-state index contributed by atoms with van der Waals surface area (Å²) in [4.78, 5) is 35.5. The molecule has 0 spiro atoms. The number of aromatic nitrogens is 2. The van der Waals surface area contributed by atoms with Crippen molar-refractivity contribution in [1.29, 1.82) is 0 Å². The van der Waals surface area contributed by atoms with Gasteiger partial charge in [0.1, 0.15) is 22.9 Å². The first-order valence-electron chi connectivity index (χ1n) is 12.0. The third-order valence-electron chi connectivity index (χ3n) is 5.41. The lowest BCUT2D eigenvalue weighted by Crippen LogP contribution is -2.44. The molecule has 0 bridgehead atoms. The molecule has 0 aliphatic rings. The summed E-state index contributed by atoms with van der Waals surface area (Å²) in [5.74, 6) is 5.06. The second kappa shape index (κ2) is 11.1. The number of nitrogens with zero attached hydrogens (tertiary/aromatic N) is 2. The van der Waals surface area contributed by atoms with Gasteiger partial charge in [0.05, 0.1) is 5.52 Å². The fourth-order valence-electron chi connectivity index (χ4n) is 3.54. The second-order valence-electron chi connectivity index (χ2n) is 10.9. The second-order valence-corrected chi connectivity index (χ2v) is 10.9. The molecule has 3 aromatic rings. The highest BCUT2D eigenvalue weighted by Crippen LogP contribution is 2.31. The van der Waals surface area contributed by atoms with Gasteiger partial charge in [-0.25, -0.2) is 4.79 Å². The van der Waals surface area contributed by atoms with E-state index in [4.69, 9.17) is 25.8 Å². The van der Waals surface area contributed by atoms with Crippen molar-refractivity contribution in [2.75, 3.05) is 12.4 Å². The molecule has 1 unspecified atom stereocenters. The van der Waals surface area contributed by atoms with Gasteiger partial charge in [0.15, 0.2) is 5.69 Å². The molecule has 0 amide bonds. The zero-order valence-electron chi connectivity index (χ0n) is 22.9. The first-order chi connectivity index (χ1) is 17.1. The molecule has 3 rings (SSSR count). The van der Waals surface area contributed by atoms with Crippen LogP contribution in [0.2, 0.25) is 0 Å². The topological polar surface area (TPSA) is 140 Å². The molecule has 9 heteroatoms. The molecule has 1 aromatic heterocycles. The summed E-state index contributed by atoms with van der Waals surface area (Å²) in [5, 5.41) is 4.77. The van der Waals surface area contributed by atoms with E-state index in [9.17, 15) is 9.59 Å². The van der Waals surface area contributed by atoms with Crippen LogP contribution in [-0.4, -0.2) is 45.9 Å². The van der Waals surface area contributed by atoms with Crippen LogP contribution in [0.3, 0.4) is 0 Å². The fourth-order valence-corrected chi connectivity index (χ4v) is 3.54. The number of fused-ring (bicyclic) bond motifs is 1. The zero-order valence-corrected chi connectivity index (χ0v) is 22.9. The fraction of sp³-hybridized carbons (Fsp3) is 0.429. The monoisotopic (exact) mass is 510 g/mol. The molecule has 9 nitrogen and oxygen atoms in total. The van der Waals surface area contributed by atoms with Crippen LogP contribution >= 0.6 is 0 Å². The van der Waals surface area contributed by atoms with E-state index >= 15 is 0 Å². The summed E-state index contributed by atoms with van der Waals surface area (Å²) >= 11 is 0. The quantitative estimate of drug-likeness (QED) is 0.297. The van der Waals surface area contributed by atoms with Gasteiger partial charge in [-0.2, -0.15) is 4.79 Å². The van der Waals surface area contributed by atoms with Gasteiger partial charge in [-0.05, 0) is 84.2 Å². The van der Waals surface area contributed by atoms with Crippen LogP contribution in [0.5, 0.6) is 0 Å². The molecule has 0 aliphatic carbocycles. The van der Waals surface area contributed by atoms with Crippen LogP contribution in [0, 0.1) is 0 Å². The molecule has 2 aromatic carbocycles. The predicted octanol–water partition coefficient (Wildman–Crippen LogP) is 4.14. The SMILES string of the molecule is CC(C)(C)OC(=O)c1nn(N)c2ccc(-c3ccc(C(C)(CN)C(=O)OC(C)(C)C)cc3)cc12.CC=O. The number of hydrogen-bond acceptors (Lipinski definition) is 8. The van der Waals surface area contributed by atoms with Crippen LogP contribution in [-0.2, 0) is 24.5 Å². The maximum Gasteiger partial charge on any atom is 0.360 e. The number of hydrogen-bond donors (Lipinski definition) is 2. The van der Waals surface area contributed by atoms with Gasteiger partial charge in [-0.15, -0.1) is 5.10 Å². The maximum absolute atomic E-state index is 12.8. The Labute approximate surface area is 218 Å². The van der Waals surface area contributed by atoms with Crippen LogP contribution in [0.4, 0.5) is 0 Å². The molecule has 1 heterocycles. The molecule has 0 saturated heterocycles. The lowest BCUT2D eigenvalue weighted by Gasteiger charge is -2.31. The lowest BCUT2D eigenvalue weighted by molar-refractivity contribution is -0.161. The zero-order chi connectivity index (χ0) is 28.2. The van der Waals surface area contributed by atoms with E-state index < -0.39 is 22.6 Å². The van der Waals surface area contributed by atoms with Crippen molar-refractivity contribution in [3.05, 3.63) is 53.7 Å². The van der Waals surface area contributed by atoms with Crippen molar-refractivity contribution in [3.63, 3.8) is 0 Å². The van der Waals surface area contributed by atoms with Gasteiger partial charge >= 0.3 is 11.9 Å². The Morgan fingerprint density at radius 3 is 1.92 bits per heavy atom. The number of nitrogen functional groups attached to an aromatic ring is 1. The third-order valence-corrected chi connectivity index (χ3v) is 5.41. The number of nitrogens with two attached hydrogens (primary N) is 2. The van der Waals surface area contributed by atoms with Crippen LogP contribution in [0.15, 0.2) is 42.5 Å². The van der Waals surface area contributed by atoms with Crippen molar-refractivity contribution in [2.24, 2.45) is 5.73 Å². The number of carbonyl (C=O) groups excluding carboxylic acids is 3. The number of aldehydes is 1. The smallest absolute Gasteiger partial charge is 0.360 e. The number of rotatable bonds is 5. The Kier molecular flexibility index (Phi) is 8.87. The highest BCUT2D eigenvalue weighted by molar-refractivity contribution is 6.03. The molecular formula is C28H38N4O5. The summed E-state index contributed by atoms with van der Waals surface area (Å²) in [7, 11) is 0. The van der Waals surface area contributed by atoms with Crippen LogP contribution in [0.25, 0.3) is 22.0 Å². The predicted molar refractivity (Wildman–Crippen MR) is 144 cm³/mol. The van der Waals surface area contributed by atoms with Crippen LogP contribution in [0.1, 0.15) is 71.4 Å². The summed E-state index contributed by atoms with van der Waals surface area (Å²) in [5.41, 5.74) is 7.06. The molecule has 1 atom stereocenters. The molecule has 37 heavy (non-hydrogen) atoms. The first kappa shape index (κ1) is 29.5. The molecule has 200 valence electrons. The minimum atomic E-state index is -0.972. The molecule has 4 N–H and O–H groups in total. The summed E-state index contributed by atoms with van der Waals surface area (Å²) in [6.45, 7) is 14.2. The van der Waals surface area contributed by atoms with Gasteiger partial charge in [-0.1, -0.05) is 30.3 Å². The van der Waals surface area contributed by atoms with Crippen molar-refractivity contribution in [1.82, 2.24) is 9.89 Å². The Morgan fingerprint density at radius 1 is 0.919 bits per heavy atom. The molecular weight excluding hydrogens is 472 g/mol. The van der Waals surface area contributed by atoms with E-state index in [1.807, 2.05) is 63.2 Å². The van der Waals surface area contributed by atoms with Crippen molar-refractivity contribution in [3.8, 4) is 11.1 Å². The maximum atomic E-state index is 12.8.